The molecule has 1 rings (SSSR count). The van der Waals surface area contributed by atoms with Crippen LogP contribution in [0.4, 0.5) is 18.9 Å². The Morgan fingerprint density at radius 2 is 1.80 bits per heavy atom. The Kier molecular flexibility index (Phi) is 6.29. The molecule has 1 aromatic carbocycles. The molecule has 2 N–H and O–H groups in total. The highest BCUT2D eigenvalue weighted by molar-refractivity contribution is 5.47. The van der Waals surface area contributed by atoms with Gasteiger partial charge in [-0.25, -0.2) is 0 Å². The van der Waals surface area contributed by atoms with Crippen LogP contribution in [0, 0.1) is 0 Å². The van der Waals surface area contributed by atoms with Crippen molar-refractivity contribution in [1.29, 1.82) is 0 Å². The standard InChI is InChI=1S/C14H21F3N2O/c1-11(2)18-9-12-3-5-13(6-4-12)19(7-8-20)10-14(15,16)17/h3-6,11,18,20H,7-10H2,1-2H3. The lowest BCUT2D eigenvalue weighted by molar-refractivity contribution is -0.119. The summed E-state index contributed by atoms with van der Waals surface area (Å²) in [5.74, 6) is 0. The minimum atomic E-state index is -4.28. The average Bonchev–Trinajstić information content (AvgIpc) is 2.35. The largest absolute Gasteiger partial charge is 0.405 e. The fourth-order valence-corrected chi connectivity index (χ4v) is 1.78. The number of anilines is 1. The second-order valence-corrected chi connectivity index (χ2v) is 4.96. The highest BCUT2D eigenvalue weighted by atomic mass is 19.4. The van der Waals surface area contributed by atoms with Crippen molar-refractivity contribution in [2.24, 2.45) is 0 Å². The van der Waals surface area contributed by atoms with Crippen LogP contribution in [0.1, 0.15) is 19.4 Å². The van der Waals surface area contributed by atoms with Crippen LogP contribution in [0.5, 0.6) is 0 Å². The van der Waals surface area contributed by atoms with Gasteiger partial charge in [-0.05, 0) is 17.7 Å². The summed E-state index contributed by atoms with van der Waals surface area (Å²) in [4.78, 5) is 1.12. The molecular weight excluding hydrogens is 269 g/mol. The van der Waals surface area contributed by atoms with E-state index < -0.39 is 12.7 Å². The quantitative estimate of drug-likeness (QED) is 0.810. The summed E-state index contributed by atoms with van der Waals surface area (Å²) in [5.41, 5.74) is 1.48. The fraction of sp³-hybridized carbons (Fsp3) is 0.571. The number of benzene rings is 1. The molecule has 0 aliphatic rings. The molecule has 0 saturated heterocycles. The molecule has 20 heavy (non-hydrogen) atoms. The normalized spacial score (nSPS) is 11.9. The first-order valence-corrected chi connectivity index (χ1v) is 6.56. The van der Waals surface area contributed by atoms with Crippen LogP contribution in [0.3, 0.4) is 0 Å². The summed E-state index contributed by atoms with van der Waals surface area (Å²) in [6.45, 7) is 3.32. The highest BCUT2D eigenvalue weighted by Crippen LogP contribution is 2.22. The van der Waals surface area contributed by atoms with Gasteiger partial charge >= 0.3 is 6.18 Å². The third-order valence-electron chi connectivity index (χ3n) is 2.76. The van der Waals surface area contributed by atoms with Crippen LogP contribution in [-0.2, 0) is 6.54 Å². The zero-order valence-corrected chi connectivity index (χ0v) is 11.7. The molecule has 0 heterocycles. The molecule has 114 valence electrons. The molecular formula is C14H21F3N2O. The minimum Gasteiger partial charge on any atom is -0.395 e. The maximum atomic E-state index is 12.5. The number of alkyl halides is 3. The van der Waals surface area contributed by atoms with E-state index in [1.54, 1.807) is 24.3 Å². The number of aliphatic hydroxyl groups is 1. The number of aliphatic hydroxyl groups excluding tert-OH is 1. The second kappa shape index (κ2) is 7.50. The molecule has 0 amide bonds. The van der Waals surface area contributed by atoms with Crippen LogP contribution in [0.25, 0.3) is 0 Å². The van der Waals surface area contributed by atoms with Crippen LogP contribution < -0.4 is 10.2 Å². The molecule has 1 aromatic rings. The zero-order chi connectivity index (χ0) is 15.2. The smallest absolute Gasteiger partial charge is 0.395 e. The lowest BCUT2D eigenvalue weighted by Crippen LogP contribution is -2.36. The molecule has 0 unspecified atom stereocenters. The number of hydrogen-bond donors (Lipinski definition) is 2. The molecule has 0 aliphatic carbocycles. The highest BCUT2D eigenvalue weighted by Gasteiger charge is 2.30. The van der Waals surface area contributed by atoms with E-state index in [-0.39, 0.29) is 13.2 Å². The van der Waals surface area contributed by atoms with Gasteiger partial charge in [0.1, 0.15) is 6.54 Å². The lowest BCUT2D eigenvalue weighted by Gasteiger charge is -2.25. The predicted octanol–water partition coefficient (Wildman–Crippen LogP) is 2.55. The summed E-state index contributed by atoms with van der Waals surface area (Å²) < 4.78 is 37.4. The van der Waals surface area contributed by atoms with E-state index in [0.29, 0.717) is 18.3 Å². The summed E-state index contributed by atoms with van der Waals surface area (Å²) in [5, 5.41) is 12.1. The number of halogens is 3. The Hall–Kier alpha value is -1.27. The van der Waals surface area contributed by atoms with Crippen molar-refractivity contribution >= 4 is 5.69 Å². The first-order valence-electron chi connectivity index (χ1n) is 6.56. The predicted molar refractivity (Wildman–Crippen MR) is 73.8 cm³/mol. The van der Waals surface area contributed by atoms with Crippen molar-refractivity contribution in [3.05, 3.63) is 29.8 Å². The number of nitrogens with one attached hydrogen (secondary N) is 1. The Balaban J connectivity index is 2.72. The van der Waals surface area contributed by atoms with Crippen molar-refractivity contribution < 1.29 is 18.3 Å². The third-order valence-corrected chi connectivity index (χ3v) is 2.76. The van der Waals surface area contributed by atoms with Gasteiger partial charge in [0.15, 0.2) is 0 Å². The van der Waals surface area contributed by atoms with Gasteiger partial charge in [-0.3, -0.25) is 0 Å². The molecule has 6 heteroatoms. The number of rotatable bonds is 7. The molecule has 0 spiro atoms. The SMILES string of the molecule is CC(C)NCc1ccc(N(CCO)CC(F)(F)F)cc1. The summed E-state index contributed by atoms with van der Waals surface area (Å²) >= 11 is 0. The fourth-order valence-electron chi connectivity index (χ4n) is 1.78. The van der Waals surface area contributed by atoms with Gasteiger partial charge in [-0.1, -0.05) is 26.0 Å². The number of nitrogens with zero attached hydrogens (tertiary/aromatic N) is 1. The van der Waals surface area contributed by atoms with E-state index in [1.165, 1.54) is 0 Å². The van der Waals surface area contributed by atoms with Crippen molar-refractivity contribution in [2.45, 2.75) is 32.6 Å². The van der Waals surface area contributed by atoms with Gasteiger partial charge in [0.25, 0.3) is 0 Å². The maximum Gasteiger partial charge on any atom is 0.405 e. The third kappa shape index (κ3) is 6.25. The number of hydrogen-bond acceptors (Lipinski definition) is 3. The van der Waals surface area contributed by atoms with Crippen LogP contribution >= 0.6 is 0 Å². The van der Waals surface area contributed by atoms with Gasteiger partial charge < -0.3 is 15.3 Å². The molecule has 0 saturated carbocycles. The van der Waals surface area contributed by atoms with Crippen LogP contribution in [0.2, 0.25) is 0 Å². The van der Waals surface area contributed by atoms with Gasteiger partial charge in [-0.2, -0.15) is 13.2 Å². The minimum absolute atomic E-state index is 0.0386. The Labute approximate surface area is 117 Å². The molecule has 0 radical (unpaired) electrons. The Morgan fingerprint density at radius 3 is 2.25 bits per heavy atom. The van der Waals surface area contributed by atoms with Crippen molar-refractivity contribution in [1.82, 2.24) is 5.32 Å². The average molecular weight is 290 g/mol. The van der Waals surface area contributed by atoms with Crippen LogP contribution in [-0.4, -0.2) is 37.0 Å². The molecule has 0 fully saturated rings. The first kappa shape index (κ1) is 16.8. The van der Waals surface area contributed by atoms with E-state index in [9.17, 15) is 13.2 Å². The van der Waals surface area contributed by atoms with E-state index >= 15 is 0 Å². The molecule has 3 nitrogen and oxygen atoms in total. The summed E-state index contributed by atoms with van der Waals surface area (Å²) in [6, 6.07) is 7.25. The van der Waals surface area contributed by atoms with Crippen molar-refractivity contribution in [2.75, 3.05) is 24.6 Å². The van der Waals surface area contributed by atoms with Gasteiger partial charge in [0, 0.05) is 24.8 Å². The van der Waals surface area contributed by atoms with E-state index in [2.05, 4.69) is 5.32 Å². The van der Waals surface area contributed by atoms with E-state index in [0.717, 1.165) is 10.5 Å². The molecule has 0 atom stereocenters. The molecule has 0 aliphatic heterocycles. The monoisotopic (exact) mass is 290 g/mol. The van der Waals surface area contributed by atoms with Crippen molar-refractivity contribution in [3.8, 4) is 0 Å². The zero-order valence-electron chi connectivity index (χ0n) is 11.7. The van der Waals surface area contributed by atoms with E-state index in [1.807, 2.05) is 13.8 Å². The molecule has 0 aromatic heterocycles. The van der Waals surface area contributed by atoms with E-state index in [4.69, 9.17) is 5.11 Å². The lowest BCUT2D eigenvalue weighted by atomic mass is 10.2. The Bertz CT molecular complexity index is 390. The van der Waals surface area contributed by atoms with Crippen LogP contribution in [0.15, 0.2) is 24.3 Å². The van der Waals surface area contributed by atoms with Gasteiger partial charge in [0.2, 0.25) is 0 Å². The van der Waals surface area contributed by atoms with Crippen molar-refractivity contribution in [3.63, 3.8) is 0 Å². The van der Waals surface area contributed by atoms with Gasteiger partial charge in [0.05, 0.1) is 6.61 Å². The summed E-state index contributed by atoms with van der Waals surface area (Å²) in [6.07, 6.45) is -4.28. The second-order valence-electron chi connectivity index (χ2n) is 4.96. The Morgan fingerprint density at radius 1 is 1.20 bits per heavy atom. The maximum absolute atomic E-state index is 12.5. The first-order chi connectivity index (χ1) is 9.31. The topological polar surface area (TPSA) is 35.5 Å². The van der Waals surface area contributed by atoms with Gasteiger partial charge in [-0.15, -0.1) is 0 Å². The molecule has 0 bridgehead atoms. The summed E-state index contributed by atoms with van der Waals surface area (Å²) in [7, 11) is 0.